The van der Waals surface area contributed by atoms with Gasteiger partial charge in [0.2, 0.25) is 0 Å². The minimum atomic E-state index is -2.26. The van der Waals surface area contributed by atoms with E-state index in [4.69, 9.17) is 9.47 Å². The number of nitrogens with zero attached hydrogens (tertiary/aromatic N) is 2. The second-order valence-corrected chi connectivity index (χ2v) is 12.7. The van der Waals surface area contributed by atoms with E-state index in [2.05, 4.69) is 10.3 Å². The summed E-state index contributed by atoms with van der Waals surface area (Å²) in [7, 11) is -2.26. The lowest BCUT2D eigenvalue weighted by atomic mass is 10.1. The third-order valence-corrected chi connectivity index (χ3v) is 9.67. The number of amides is 1. The molecule has 8 nitrogen and oxygen atoms in total. The number of rotatable bonds is 10. The van der Waals surface area contributed by atoms with E-state index in [1.165, 1.54) is 11.3 Å². The molecule has 10 heteroatoms. The van der Waals surface area contributed by atoms with Gasteiger partial charge in [-0.25, -0.2) is 9.19 Å². The van der Waals surface area contributed by atoms with E-state index >= 15 is 0 Å². The van der Waals surface area contributed by atoms with Crippen LogP contribution in [0.5, 0.6) is 5.75 Å². The molecule has 3 heterocycles. The first-order chi connectivity index (χ1) is 17.4. The molecule has 1 saturated carbocycles. The predicted octanol–water partition coefficient (Wildman–Crippen LogP) is 3.21. The average molecular weight is 528 g/mol. The minimum Gasteiger partial charge on any atom is -0.493 e. The van der Waals surface area contributed by atoms with Crippen LogP contribution in [0.4, 0.5) is 0 Å². The van der Waals surface area contributed by atoms with Crippen LogP contribution in [-0.2, 0) is 25.7 Å². The maximum atomic E-state index is 12.8. The summed E-state index contributed by atoms with van der Waals surface area (Å²) in [6.45, 7) is 2.09. The lowest BCUT2D eigenvalue weighted by molar-refractivity contribution is -0.117. The zero-order chi connectivity index (χ0) is 25.1. The predicted molar refractivity (Wildman–Crippen MR) is 141 cm³/mol. The summed E-state index contributed by atoms with van der Waals surface area (Å²) in [4.78, 5) is 30.6. The van der Waals surface area contributed by atoms with E-state index in [1.54, 1.807) is 28.7 Å². The summed E-state index contributed by atoms with van der Waals surface area (Å²) >= 11 is 1.42. The Kier molecular flexibility index (Phi) is 7.27. The standard InChI is InChI=1S/C26H29N3O5S2/c1-36(32,23-5-6-23)29-9-7-20(14-29)26(31)27-13-21(30)12-25-28-24(17-35-25)19-3-2-4-22(11-19)34-16-18-8-10-33-15-18/h2-4,7,9,11,14,17-18H,5-6,8,10,12-13,15-16H2,1H3,(H,27,31)/t18-,36?/m1/s1. The molecule has 1 aromatic carbocycles. The highest BCUT2D eigenvalue weighted by Gasteiger charge is 2.22. The number of thiazole rings is 1. The van der Waals surface area contributed by atoms with Crippen molar-refractivity contribution in [3.05, 3.63) is 58.7 Å². The van der Waals surface area contributed by atoms with E-state index < -0.39 is 9.71 Å². The number of Topliss-reactive ketones (excluding diaryl/α,β-unsaturated/α-hetero) is 1. The third kappa shape index (κ3) is 5.88. The SMILES string of the molecule is CS(=O)(=C1CC1)n1ccc(C(=O)NCC(=O)Cc2nc(-c3cccc(OC[C@@H]4CCOC4)c3)cs2)c1. The summed E-state index contributed by atoms with van der Waals surface area (Å²) < 4.78 is 25.7. The maximum absolute atomic E-state index is 12.8. The van der Waals surface area contributed by atoms with Gasteiger partial charge in [0.1, 0.15) is 10.8 Å². The highest BCUT2D eigenvalue weighted by atomic mass is 32.2. The van der Waals surface area contributed by atoms with Crippen molar-refractivity contribution in [3.63, 3.8) is 0 Å². The van der Waals surface area contributed by atoms with Gasteiger partial charge < -0.3 is 14.8 Å². The van der Waals surface area contributed by atoms with E-state index in [-0.39, 0.29) is 24.7 Å². The molecule has 1 unspecified atom stereocenters. The van der Waals surface area contributed by atoms with Gasteiger partial charge in [-0.1, -0.05) is 12.1 Å². The van der Waals surface area contributed by atoms with Gasteiger partial charge in [0.05, 0.1) is 47.1 Å². The molecule has 2 aromatic heterocycles. The second-order valence-electron chi connectivity index (χ2n) is 9.19. The molecule has 3 aromatic rings. The lowest BCUT2D eigenvalue weighted by Crippen LogP contribution is -2.30. The van der Waals surface area contributed by atoms with E-state index in [9.17, 15) is 13.8 Å². The first kappa shape index (κ1) is 24.7. The molecule has 190 valence electrons. The molecule has 0 spiro atoms. The van der Waals surface area contributed by atoms with Crippen molar-refractivity contribution in [1.82, 2.24) is 14.3 Å². The summed E-state index contributed by atoms with van der Waals surface area (Å²) in [5.74, 6) is 0.725. The second kappa shape index (κ2) is 10.6. The van der Waals surface area contributed by atoms with Crippen LogP contribution in [0, 0.1) is 5.92 Å². The molecule has 1 saturated heterocycles. The largest absolute Gasteiger partial charge is 0.493 e. The highest BCUT2D eigenvalue weighted by Crippen LogP contribution is 2.26. The summed E-state index contributed by atoms with van der Waals surface area (Å²) in [6, 6.07) is 9.41. The van der Waals surface area contributed by atoms with Gasteiger partial charge in [-0.15, -0.1) is 11.3 Å². The Labute approximate surface area is 214 Å². The van der Waals surface area contributed by atoms with Crippen molar-refractivity contribution >= 4 is 37.6 Å². The van der Waals surface area contributed by atoms with E-state index in [0.717, 1.165) is 54.3 Å². The van der Waals surface area contributed by atoms with Gasteiger partial charge in [-0.2, -0.15) is 0 Å². The van der Waals surface area contributed by atoms with Gasteiger partial charge in [0, 0.05) is 47.0 Å². The molecule has 5 rings (SSSR count). The molecule has 1 amide bonds. The van der Waals surface area contributed by atoms with Crippen molar-refractivity contribution in [2.45, 2.75) is 25.7 Å². The first-order valence-corrected chi connectivity index (χ1v) is 14.8. The highest BCUT2D eigenvalue weighted by molar-refractivity contribution is 8.00. The van der Waals surface area contributed by atoms with Crippen LogP contribution >= 0.6 is 11.3 Å². The third-order valence-electron chi connectivity index (χ3n) is 6.31. The Bertz CT molecular complexity index is 1390. The lowest BCUT2D eigenvalue weighted by Gasteiger charge is -2.10. The number of ketones is 1. The number of hydrogen-bond donors (Lipinski definition) is 1. The maximum Gasteiger partial charge on any atom is 0.253 e. The van der Waals surface area contributed by atoms with Crippen LogP contribution in [0.25, 0.3) is 11.3 Å². The monoisotopic (exact) mass is 527 g/mol. The Morgan fingerprint density at radius 3 is 2.94 bits per heavy atom. The Morgan fingerprint density at radius 1 is 1.31 bits per heavy atom. The fraction of sp³-hybridized carbons (Fsp3) is 0.385. The van der Waals surface area contributed by atoms with Gasteiger partial charge in [0.25, 0.3) is 5.91 Å². The molecule has 2 fully saturated rings. The van der Waals surface area contributed by atoms with Gasteiger partial charge in [0.15, 0.2) is 5.78 Å². The average Bonchev–Trinajstić information content (AvgIpc) is 3.26. The quantitative estimate of drug-likeness (QED) is 0.407. The van der Waals surface area contributed by atoms with Crippen molar-refractivity contribution < 1.29 is 23.3 Å². The number of hydrogen-bond acceptors (Lipinski definition) is 7. The molecule has 2 aliphatic rings. The molecule has 36 heavy (non-hydrogen) atoms. The molecule has 1 aliphatic carbocycles. The molecule has 0 bridgehead atoms. The van der Waals surface area contributed by atoms with Crippen LogP contribution in [0.15, 0.2) is 48.1 Å². The molecular formula is C26H29N3O5S2. The molecule has 1 N–H and O–H groups in total. The number of aromatic nitrogens is 2. The van der Waals surface area contributed by atoms with Gasteiger partial charge in [-0.3, -0.25) is 13.6 Å². The number of carbonyl (C=O) groups excluding carboxylic acids is 2. The molecule has 0 radical (unpaired) electrons. The number of nitrogens with one attached hydrogen (secondary N) is 1. The smallest absolute Gasteiger partial charge is 0.253 e. The van der Waals surface area contributed by atoms with Crippen LogP contribution in [-0.4, -0.2) is 62.3 Å². The molecule has 2 atom stereocenters. The Balaban J connectivity index is 1.13. The Hall–Kier alpha value is -2.95. The van der Waals surface area contributed by atoms with Crippen LogP contribution in [0.3, 0.4) is 0 Å². The van der Waals surface area contributed by atoms with Crippen molar-refractivity contribution in [3.8, 4) is 17.0 Å². The van der Waals surface area contributed by atoms with Crippen LogP contribution in [0.2, 0.25) is 0 Å². The van der Waals surface area contributed by atoms with Crippen LogP contribution < -0.4 is 10.1 Å². The van der Waals surface area contributed by atoms with Gasteiger partial charge in [-0.05, 0) is 37.5 Å². The summed E-state index contributed by atoms with van der Waals surface area (Å²) in [5, 5.41) is 5.28. The van der Waals surface area contributed by atoms with E-state index in [1.807, 2.05) is 29.6 Å². The van der Waals surface area contributed by atoms with Crippen molar-refractivity contribution in [2.75, 3.05) is 32.6 Å². The fourth-order valence-corrected chi connectivity index (χ4v) is 6.61. The first-order valence-electron chi connectivity index (χ1n) is 12.0. The summed E-state index contributed by atoms with van der Waals surface area (Å²) in [5.41, 5.74) is 2.11. The molecular weight excluding hydrogens is 498 g/mol. The number of benzene rings is 1. The topological polar surface area (TPSA) is 99.5 Å². The van der Waals surface area contributed by atoms with E-state index in [0.29, 0.717) is 23.1 Å². The number of carbonyl (C=O) groups is 2. The van der Waals surface area contributed by atoms with Gasteiger partial charge >= 0.3 is 0 Å². The van der Waals surface area contributed by atoms with Crippen molar-refractivity contribution in [2.24, 2.45) is 5.92 Å². The van der Waals surface area contributed by atoms with Crippen LogP contribution in [0.1, 0.15) is 34.6 Å². The fourth-order valence-electron chi connectivity index (χ4n) is 4.02. The normalized spacial score (nSPS) is 18.6. The minimum absolute atomic E-state index is 0.0913. The zero-order valence-corrected chi connectivity index (χ0v) is 21.7. The van der Waals surface area contributed by atoms with Crippen molar-refractivity contribution in [1.29, 1.82) is 0 Å². The zero-order valence-electron chi connectivity index (χ0n) is 20.1. The number of ether oxygens (including phenoxy) is 2. The summed E-state index contributed by atoms with van der Waals surface area (Å²) in [6.07, 6.45) is 7.85. The Morgan fingerprint density at radius 2 is 2.17 bits per heavy atom. The molecule has 1 aliphatic heterocycles.